The van der Waals surface area contributed by atoms with Gasteiger partial charge in [-0.1, -0.05) is 24.8 Å². The number of primary amides is 1. The molecule has 0 saturated carbocycles. The maximum atomic E-state index is 13.8. The Kier molecular flexibility index (Phi) is 8.93. The van der Waals surface area contributed by atoms with E-state index in [-0.39, 0.29) is 23.8 Å². The molecule has 1 saturated heterocycles. The number of carbonyl (C=O) groups excluding carboxylic acids is 1. The van der Waals surface area contributed by atoms with Crippen molar-refractivity contribution in [2.45, 2.75) is 24.9 Å². The van der Waals surface area contributed by atoms with Crippen molar-refractivity contribution in [1.29, 1.82) is 0 Å². The monoisotopic (exact) mass is 557 g/mol. The lowest BCUT2D eigenvalue weighted by molar-refractivity contribution is -0.137. The van der Waals surface area contributed by atoms with Gasteiger partial charge >= 0.3 is 6.18 Å². The normalized spacial score (nSPS) is 14.5. The fraction of sp³-hybridized carbons (Fsp3) is 0.310. The number of alkyl halides is 4. The smallest absolute Gasteiger partial charge is 0.419 e. The first-order valence-electron chi connectivity index (χ1n) is 12.8. The Morgan fingerprint density at radius 2 is 1.88 bits per heavy atom. The molecule has 0 bridgehead atoms. The van der Waals surface area contributed by atoms with Crippen molar-refractivity contribution >= 4 is 34.4 Å². The largest absolute Gasteiger partial charge is 0.495 e. The average molecular weight is 558 g/mol. The van der Waals surface area contributed by atoms with Crippen LogP contribution < -0.4 is 21.1 Å². The van der Waals surface area contributed by atoms with Crippen LogP contribution in [0.1, 0.15) is 35.4 Å². The van der Waals surface area contributed by atoms with E-state index in [4.69, 9.17) is 10.5 Å². The van der Waals surface area contributed by atoms with Gasteiger partial charge in [-0.2, -0.15) is 13.2 Å². The zero-order valence-electron chi connectivity index (χ0n) is 22.0. The second-order valence-corrected chi connectivity index (χ2v) is 9.55. The number of pyridine rings is 1. The van der Waals surface area contributed by atoms with Gasteiger partial charge in [0.15, 0.2) is 0 Å². The van der Waals surface area contributed by atoms with Crippen molar-refractivity contribution in [2.75, 3.05) is 44.1 Å². The van der Waals surface area contributed by atoms with E-state index in [1.165, 1.54) is 19.2 Å². The number of ether oxygens (including phenoxy) is 1. The molecule has 11 heteroatoms. The maximum absolute atomic E-state index is 13.8. The Morgan fingerprint density at radius 3 is 2.52 bits per heavy atom. The van der Waals surface area contributed by atoms with E-state index >= 15 is 0 Å². The summed E-state index contributed by atoms with van der Waals surface area (Å²) >= 11 is 0. The van der Waals surface area contributed by atoms with Crippen molar-refractivity contribution in [3.8, 4) is 5.75 Å². The number of hydrogen-bond donors (Lipinski definition) is 3. The van der Waals surface area contributed by atoms with Gasteiger partial charge in [-0.3, -0.25) is 4.79 Å². The Balaban J connectivity index is 1.57. The molecule has 1 fully saturated rings. The maximum Gasteiger partial charge on any atom is 0.419 e. The number of nitrogens with zero attached hydrogens (tertiary/aromatic N) is 2. The number of carbonyl (C=O) groups is 1. The fourth-order valence-electron chi connectivity index (χ4n) is 4.75. The quantitative estimate of drug-likeness (QED) is 0.202. The molecular weight excluding hydrogens is 526 g/mol. The molecule has 2 aromatic carbocycles. The number of likely N-dealkylation sites (tertiary alicyclic amines) is 1. The van der Waals surface area contributed by atoms with Crippen molar-refractivity contribution in [3.63, 3.8) is 0 Å². The summed E-state index contributed by atoms with van der Waals surface area (Å²) < 4.78 is 59.7. The summed E-state index contributed by atoms with van der Waals surface area (Å²) in [5, 5.41) is 5.84. The summed E-state index contributed by atoms with van der Waals surface area (Å²) in [4.78, 5) is 17.6. The highest BCUT2D eigenvalue weighted by atomic mass is 19.4. The first-order valence-corrected chi connectivity index (χ1v) is 12.8. The van der Waals surface area contributed by atoms with Crippen molar-refractivity contribution in [1.82, 2.24) is 9.88 Å². The summed E-state index contributed by atoms with van der Waals surface area (Å²) in [7, 11) is 1.52. The van der Waals surface area contributed by atoms with E-state index < -0.39 is 17.6 Å². The first-order chi connectivity index (χ1) is 19.1. The highest BCUT2D eigenvalue weighted by Crippen LogP contribution is 2.39. The second-order valence-electron chi connectivity index (χ2n) is 9.55. The van der Waals surface area contributed by atoms with Crippen LogP contribution in [0.4, 0.5) is 40.4 Å². The number of hydrogen-bond acceptors (Lipinski definition) is 6. The summed E-state index contributed by atoms with van der Waals surface area (Å²) in [6.45, 7) is 5.36. The molecule has 1 aromatic heterocycles. The van der Waals surface area contributed by atoms with Gasteiger partial charge in [-0.05, 0) is 67.2 Å². The zero-order chi connectivity index (χ0) is 28.9. The third-order valence-corrected chi connectivity index (χ3v) is 6.94. The number of aromatic nitrogens is 1. The third kappa shape index (κ3) is 6.90. The summed E-state index contributed by atoms with van der Waals surface area (Å²) in [5.41, 5.74) is 6.45. The van der Waals surface area contributed by atoms with Gasteiger partial charge in [-0.25, -0.2) is 9.37 Å². The highest BCUT2D eigenvalue weighted by Gasteiger charge is 2.34. The molecule has 1 aliphatic heterocycles. The van der Waals surface area contributed by atoms with Gasteiger partial charge in [0, 0.05) is 30.1 Å². The van der Waals surface area contributed by atoms with Crippen LogP contribution in [0.2, 0.25) is 0 Å². The molecule has 4 rings (SSSR count). The van der Waals surface area contributed by atoms with Crippen molar-refractivity contribution in [3.05, 3.63) is 78.0 Å². The Bertz CT molecular complexity index is 1370. The minimum Gasteiger partial charge on any atom is -0.495 e. The van der Waals surface area contributed by atoms with Gasteiger partial charge in [0.05, 0.1) is 24.0 Å². The van der Waals surface area contributed by atoms with E-state index in [1.54, 1.807) is 18.2 Å². The number of anilines is 4. The summed E-state index contributed by atoms with van der Waals surface area (Å²) in [6.07, 6.45) is -2.11. The van der Waals surface area contributed by atoms with Crippen LogP contribution >= 0.6 is 0 Å². The highest BCUT2D eigenvalue weighted by molar-refractivity contribution is 6.18. The molecular formula is C29H31F4N5O2. The minimum atomic E-state index is -4.67. The van der Waals surface area contributed by atoms with Crippen LogP contribution in [0.25, 0.3) is 5.57 Å². The number of amides is 1. The SMILES string of the molecule is C=C(C(N)=O)c1cccc(Nc2cc(Nc3ccc(C4CCN(CCF)CC4)cc3OC)ncc2C(F)(F)F)c1. The van der Waals surface area contributed by atoms with E-state index in [0.29, 0.717) is 35.2 Å². The number of nitrogens with two attached hydrogens (primary N) is 1. The minimum absolute atomic E-state index is 0.0395. The zero-order valence-corrected chi connectivity index (χ0v) is 22.0. The molecule has 0 spiro atoms. The second kappa shape index (κ2) is 12.4. The number of piperidine rings is 1. The van der Waals surface area contributed by atoms with Crippen LogP contribution in [0.3, 0.4) is 0 Å². The molecule has 0 atom stereocenters. The number of benzene rings is 2. The van der Waals surface area contributed by atoms with Crippen molar-refractivity contribution < 1.29 is 27.1 Å². The van der Waals surface area contributed by atoms with E-state index in [0.717, 1.165) is 37.7 Å². The van der Waals surface area contributed by atoms with Crippen LogP contribution in [-0.4, -0.2) is 49.2 Å². The van der Waals surface area contributed by atoms with Crippen LogP contribution in [0, 0.1) is 0 Å². The molecule has 1 amide bonds. The standard InChI is InChI=1S/C29H31F4N5O2/c1-18(28(34)39)20-4-3-5-22(14-20)36-25-16-27(35-17-23(25)29(31,32)33)37-24-7-6-21(15-26(24)40-2)19-8-11-38(12-9-19)13-10-30/h3-7,14-17,19H,1,8-13H2,2H3,(H2,34,39)(H2,35,36,37). The van der Waals surface area contributed by atoms with Crippen LogP contribution in [0.5, 0.6) is 5.75 Å². The van der Waals surface area contributed by atoms with Gasteiger partial charge in [0.1, 0.15) is 18.2 Å². The first kappa shape index (κ1) is 28.9. The fourth-order valence-corrected chi connectivity index (χ4v) is 4.75. The van der Waals surface area contributed by atoms with E-state index in [2.05, 4.69) is 27.1 Å². The van der Waals surface area contributed by atoms with E-state index in [9.17, 15) is 22.4 Å². The van der Waals surface area contributed by atoms with Gasteiger partial charge in [-0.15, -0.1) is 0 Å². The molecule has 40 heavy (non-hydrogen) atoms. The lowest BCUT2D eigenvalue weighted by atomic mass is 9.89. The Morgan fingerprint density at radius 1 is 1.12 bits per heavy atom. The molecule has 2 heterocycles. The number of halogens is 4. The van der Waals surface area contributed by atoms with Gasteiger partial charge in [0.25, 0.3) is 0 Å². The molecule has 212 valence electrons. The third-order valence-electron chi connectivity index (χ3n) is 6.94. The molecule has 0 radical (unpaired) electrons. The lowest BCUT2D eigenvalue weighted by Crippen LogP contribution is -2.34. The predicted octanol–water partition coefficient (Wildman–Crippen LogP) is 6.24. The molecule has 4 N–H and O–H groups in total. The van der Waals surface area contributed by atoms with Gasteiger partial charge in [0.2, 0.25) is 5.91 Å². The molecule has 3 aromatic rings. The Hall–Kier alpha value is -4.12. The summed E-state index contributed by atoms with van der Waals surface area (Å²) in [6, 6.07) is 13.2. The molecule has 1 aliphatic rings. The number of nitrogens with one attached hydrogen (secondary N) is 2. The van der Waals surface area contributed by atoms with Crippen molar-refractivity contribution in [2.24, 2.45) is 5.73 Å². The molecule has 0 unspecified atom stereocenters. The predicted molar refractivity (Wildman–Crippen MR) is 148 cm³/mol. The number of rotatable bonds is 10. The van der Waals surface area contributed by atoms with Gasteiger partial charge < -0.3 is 26.0 Å². The average Bonchev–Trinajstić information content (AvgIpc) is 2.93. The van der Waals surface area contributed by atoms with E-state index in [1.807, 2.05) is 18.2 Å². The summed E-state index contributed by atoms with van der Waals surface area (Å²) in [5.74, 6) is 0.266. The number of methoxy groups -OCH3 is 1. The Labute approximate surface area is 230 Å². The van der Waals surface area contributed by atoms with Crippen LogP contribution in [-0.2, 0) is 11.0 Å². The van der Waals surface area contributed by atoms with Crippen LogP contribution in [0.15, 0.2) is 61.3 Å². The molecule has 0 aliphatic carbocycles. The topological polar surface area (TPSA) is 92.5 Å². The lowest BCUT2D eigenvalue weighted by Gasteiger charge is -2.31. The molecule has 7 nitrogen and oxygen atoms in total.